The number of carbonyl (C=O) groups excluding carboxylic acids is 3. The lowest BCUT2D eigenvalue weighted by Crippen LogP contribution is -2.58. The molecule has 1 saturated carbocycles. The molecule has 1 unspecified atom stereocenters. The molecule has 0 bridgehead atoms. The molecular weight excluding hydrogens is 528 g/mol. The molecule has 9 nitrogen and oxygen atoms in total. The molecule has 2 fully saturated rings. The lowest BCUT2D eigenvalue weighted by molar-refractivity contribution is -0.146. The molecule has 218 valence electrons. The molecule has 1 saturated heterocycles. The third-order valence-electron chi connectivity index (χ3n) is 8.18. The second-order valence-corrected chi connectivity index (χ2v) is 12.8. The lowest BCUT2D eigenvalue weighted by Gasteiger charge is -2.48. The van der Waals surface area contributed by atoms with Crippen molar-refractivity contribution in [3.05, 3.63) is 40.2 Å². The van der Waals surface area contributed by atoms with E-state index in [1.807, 2.05) is 27.0 Å². The number of hydrogen-bond donors (Lipinski definition) is 3. The van der Waals surface area contributed by atoms with E-state index in [2.05, 4.69) is 15.4 Å². The average Bonchev–Trinajstić information content (AvgIpc) is 2.92. The zero-order valence-corrected chi connectivity index (χ0v) is 25.0. The standard InChI is InChI=1S/C30H42N4O5S/c1-19(31-26(36)25-18-23(35)22-17-21(33-40-5)11-12-24(22)39-25)27(37)34-15-13-30(14-16-34,20-9-7-6-8-10-20)28(38)32-29(2,3)4/h11-12,17-20,33H,6-10,13-16H2,1-5H3,(H,31,36)(H,32,38). The Morgan fingerprint density at radius 1 is 1.07 bits per heavy atom. The van der Waals surface area contributed by atoms with Gasteiger partial charge in [-0.3, -0.25) is 19.2 Å². The number of piperidine rings is 1. The van der Waals surface area contributed by atoms with Gasteiger partial charge in [0.2, 0.25) is 11.8 Å². The van der Waals surface area contributed by atoms with Gasteiger partial charge in [0.1, 0.15) is 11.6 Å². The van der Waals surface area contributed by atoms with Crippen molar-refractivity contribution < 1.29 is 18.8 Å². The van der Waals surface area contributed by atoms with E-state index >= 15 is 0 Å². The summed E-state index contributed by atoms with van der Waals surface area (Å²) >= 11 is 1.41. The van der Waals surface area contributed by atoms with Crippen LogP contribution in [-0.4, -0.2) is 53.5 Å². The van der Waals surface area contributed by atoms with Crippen LogP contribution in [0.4, 0.5) is 5.69 Å². The van der Waals surface area contributed by atoms with Crippen molar-refractivity contribution in [2.75, 3.05) is 24.1 Å². The second-order valence-electron chi connectivity index (χ2n) is 12.2. The molecule has 3 N–H and O–H groups in total. The van der Waals surface area contributed by atoms with E-state index in [1.54, 1.807) is 30.0 Å². The molecular formula is C30H42N4O5S. The quantitative estimate of drug-likeness (QED) is 0.413. The van der Waals surface area contributed by atoms with Gasteiger partial charge in [-0.05, 0) is 77.5 Å². The van der Waals surface area contributed by atoms with Crippen LogP contribution in [0, 0.1) is 11.3 Å². The molecule has 1 aromatic carbocycles. The van der Waals surface area contributed by atoms with Gasteiger partial charge in [-0.2, -0.15) is 0 Å². The highest BCUT2D eigenvalue weighted by atomic mass is 32.2. The summed E-state index contributed by atoms with van der Waals surface area (Å²) < 4.78 is 8.77. The summed E-state index contributed by atoms with van der Waals surface area (Å²) in [6, 6.07) is 5.43. The minimum atomic E-state index is -0.813. The van der Waals surface area contributed by atoms with Crippen molar-refractivity contribution in [3.8, 4) is 0 Å². The van der Waals surface area contributed by atoms with E-state index in [4.69, 9.17) is 4.42 Å². The maximum absolute atomic E-state index is 13.6. The first-order valence-electron chi connectivity index (χ1n) is 14.2. The number of nitrogens with one attached hydrogen (secondary N) is 3. The van der Waals surface area contributed by atoms with Crippen LogP contribution in [-0.2, 0) is 9.59 Å². The molecule has 2 heterocycles. The van der Waals surface area contributed by atoms with E-state index in [0.29, 0.717) is 42.8 Å². The van der Waals surface area contributed by atoms with E-state index in [9.17, 15) is 19.2 Å². The van der Waals surface area contributed by atoms with Gasteiger partial charge in [0.25, 0.3) is 5.91 Å². The zero-order chi connectivity index (χ0) is 29.1. The SMILES string of the molecule is CSNc1ccc2oc(C(=O)NC(C)C(=O)N3CCC(C(=O)NC(C)(C)C)(C4CCCCC4)CC3)cc(=O)c2c1. The summed E-state index contributed by atoms with van der Waals surface area (Å²) in [5, 5.41) is 6.29. The second kappa shape index (κ2) is 12.2. The average molecular weight is 571 g/mol. The smallest absolute Gasteiger partial charge is 0.287 e. The zero-order valence-electron chi connectivity index (χ0n) is 24.2. The molecule has 2 aliphatic rings. The molecule has 4 rings (SSSR count). The number of fused-ring (bicyclic) bond motifs is 1. The van der Waals surface area contributed by atoms with E-state index in [0.717, 1.165) is 37.4 Å². The topological polar surface area (TPSA) is 121 Å². The number of likely N-dealkylation sites (tertiary alicyclic amines) is 1. The molecule has 1 atom stereocenters. The van der Waals surface area contributed by atoms with Gasteiger partial charge < -0.3 is 24.7 Å². The van der Waals surface area contributed by atoms with Crippen LogP contribution in [0.15, 0.2) is 33.5 Å². The van der Waals surface area contributed by atoms with Crippen LogP contribution in [0.25, 0.3) is 11.0 Å². The molecule has 1 aliphatic carbocycles. The van der Waals surface area contributed by atoms with Gasteiger partial charge in [0, 0.05) is 36.6 Å². The highest BCUT2D eigenvalue weighted by Gasteiger charge is 2.49. The number of rotatable bonds is 7. The summed E-state index contributed by atoms with van der Waals surface area (Å²) in [6.45, 7) is 8.56. The Balaban J connectivity index is 1.42. The predicted molar refractivity (Wildman–Crippen MR) is 159 cm³/mol. The van der Waals surface area contributed by atoms with Crippen LogP contribution >= 0.6 is 11.9 Å². The largest absolute Gasteiger partial charge is 0.451 e. The first kappa shape index (κ1) is 30.0. The third kappa shape index (κ3) is 6.65. The van der Waals surface area contributed by atoms with Gasteiger partial charge >= 0.3 is 0 Å². The molecule has 2 aromatic rings. The first-order chi connectivity index (χ1) is 18.9. The normalized spacial score (nSPS) is 18.7. The highest BCUT2D eigenvalue weighted by molar-refractivity contribution is 7.99. The van der Waals surface area contributed by atoms with Gasteiger partial charge in [-0.1, -0.05) is 31.2 Å². The number of carbonyl (C=O) groups is 3. The van der Waals surface area contributed by atoms with Crippen LogP contribution in [0.1, 0.15) is 83.2 Å². The summed E-state index contributed by atoms with van der Waals surface area (Å²) in [6.07, 6.45) is 8.68. The molecule has 40 heavy (non-hydrogen) atoms. The maximum Gasteiger partial charge on any atom is 0.287 e. The summed E-state index contributed by atoms with van der Waals surface area (Å²) in [7, 11) is 0. The summed E-state index contributed by atoms with van der Waals surface area (Å²) in [5.74, 6) is -0.553. The van der Waals surface area contributed by atoms with Crippen molar-refractivity contribution in [1.82, 2.24) is 15.5 Å². The van der Waals surface area contributed by atoms with Crippen LogP contribution in [0.5, 0.6) is 0 Å². The minimum Gasteiger partial charge on any atom is -0.451 e. The Labute approximate surface area is 240 Å². The number of amides is 3. The van der Waals surface area contributed by atoms with Crippen molar-refractivity contribution >= 4 is 46.3 Å². The molecule has 10 heteroatoms. The molecule has 3 amide bonds. The maximum atomic E-state index is 13.6. The Morgan fingerprint density at radius 3 is 2.38 bits per heavy atom. The predicted octanol–water partition coefficient (Wildman–Crippen LogP) is 4.71. The molecule has 0 spiro atoms. The number of benzene rings is 1. The van der Waals surface area contributed by atoms with Gasteiger partial charge in [-0.25, -0.2) is 0 Å². The van der Waals surface area contributed by atoms with E-state index in [-0.39, 0.29) is 28.5 Å². The number of anilines is 1. The van der Waals surface area contributed by atoms with Crippen LogP contribution in [0.2, 0.25) is 0 Å². The lowest BCUT2D eigenvalue weighted by atomic mass is 9.63. The van der Waals surface area contributed by atoms with Crippen molar-refractivity contribution in [2.45, 2.75) is 84.2 Å². The molecule has 0 radical (unpaired) electrons. The number of nitrogens with zero attached hydrogens (tertiary/aromatic N) is 1. The van der Waals surface area contributed by atoms with Crippen LogP contribution < -0.4 is 20.8 Å². The van der Waals surface area contributed by atoms with Gasteiger partial charge in [0.05, 0.1) is 10.8 Å². The monoisotopic (exact) mass is 570 g/mol. The number of hydrogen-bond acceptors (Lipinski definition) is 7. The van der Waals surface area contributed by atoms with E-state index < -0.39 is 17.4 Å². The molecule has 1 aliphatic heterocycles. The summed E-state index contributed by atoms with van der Waals surface area (Å²) in [5.41, 5.74) is -0.0773. The summed E-state index contributed by atoms with van der Waals surface area (Å²) in [4.78, 5) is 54.3. The first-order valence-corrected chi connectivity index (χ1v) is 15.5. The third-order valence-corrected chi connectivity index (χ3v) is 8.62. The Hall–Kier alpha value is -3.01. The fourth-order valence-electron chi connectivity index (χ4n) is 6.12. The van der Waals surface area contributed by atoms with E-state index in [1.165, 1.54) is 18.4 Å². The van der Waals surface area contributed by atoms with Crippen molar-refractivity contribution in [3.63, 3.8) is 0 Å². The Morgan fingerprint density at radius 2 is 1.75 bits per heavy atom. The Kier molecular flexibility index (Phi) is 9.17. The van der Waals surface area contributed by atoms with Crippen molar-refractivity contribution in [2.24, 2.45) is 11.3 Å². The minimum absolute atomic E-state index is 0.100. The van der Waals surface area contributed by atoms with Crippen LogP contribution in [0.3, 0.4) is 0 Å². The van der Waals surface area contributed by atoms with Gasteiger partial charge in [-0.15, -0.1) is 0 Å². The van der Waals surface area contributed by atoms with Crippen molar-refractivity contribution in [1.29, 1.82) is 0 Å². The van der Waals surface area contributed by atoms with Gasteiger partial charge in [0.15, 0.2) is 11.2 Å². The Bertz CT molecular complexity index is 1300. The fraction of sp³-hybridized carbons (Fsp3) is 0.600. The highest BCUT2D eigenvalue weighted by Crippen LogP contribution is 2.46. The fourth-order valence-corrected chi connectivity index (χ4v) is 6.48. The molecule has 1 aromatic heterocycles.